The molecular formula is C26H22N4O5. The molecule has 2 aliphatic heterocycles. The average Bonchev–Trinajstić information content (AvgIpc) is 3.31. The number of urea groups is 1. The molecule has 0 unspecified atom stereocenters. The monoisotopic (exact) mass is 470 g/mol. The number of rotatable bonds is 4. The number of carbonyl (C=O) groups is 3. The molecular weight excluding hydrogens is 448 g/mol. The number of benzene rings is 3. The second kappa shape index (κ2) is 8.25. The van der Waals surface area contributed by atoms with Crippen LogP contribution in [0.2, 0.25) is 0 Å². The normalized spacial score (nSPS) is 18.6. The topological polar surface area (TPSA) is 123 Å². The van der Waals surface area contributed by atoms with E-state index in [-0.39, 0.29) is 19.0 Å². The van der Waals surface area contributed by atoms with Gasteiger partial charge in [-0.3, -0.25) is 14.9 Å². The van der Waals surface area contributed by atoms with E-state index >= 15 is 0 Å². The Balaban J connectivity index is 1.56. The van der Waals surface area contributed by atoms with Gasteiger partial charge in [-0.2, -0.15) is 0 Å². The molecule has 0 aliphatic carbocycles. The fraction of sp³-hybridized carbons (Fsp3) is 0.192. The van der Waals surface area contributed by atoms with Crippen LogP contribution in [0, 0.1) is 11.8 Å². The van der Waals surface area contributed by atoms with E-state index in [1.807, 2.05) is 18.2 Å². The van der Waals surface area contributed by atoms with Gasteiger partial charge in [-0.15, -0.1) is 0 Å². The maximum atomic E-state index is 13.1. The Labute approximate surface area is 201 Å². The number of anilines is 1. The van der Waals surface area contributed by atoms with Crippen LogP contribution in [0.5, 0.6) is 11.5 Å². The number of methoxy groups -OCH3 is 2. The molecule has 1 saturated heterocycles. The third kappa shape index (κ3) is 3.65. The summed E-state index contributed by atoms with van der Waals surface area (Å²) in [7, 11) is 3.05. The fourth-order valence-corrected chi connectivity index (χ4v) is 4.44. The maximum absolute atomic E-state index is 13.1. The molecule has 0 spiro atoms. The predicted molar refractivity (Wildman–Crippen MR) is 129 cm³/mol. The molecule has 2 aliphatic rings. The first-order valence-corrected chi connectivity index (χ1v) is 10.8. The number of nitrogens with zero attached hydrogens (tertiary/aromatic N) is 1. The smallest absolute Gasteiger partial charge is 0.323 e. The van der Waals surface area contributed by atoms with E-state index in [1.165, 1.54) is 19.1 Å². The van der Waals surface area contributed by atoms with Gasteiger partial charge in [0, 0.05) is 28.6 Å². The number of hydrogen-bond donors (Lipinski definition) is 3. The summed E-state index contributed by atoms with van der Waals surface area (Å²) >= 11 is 0. The molecule has 4 amide bonds. The quantitative estimate of drug-likeness (QED) is 0.305. The molecule has 1 atom stereocenters. The van der Waals surface area contributed by atoms with Crippen LogP contribution < -0.4 is 25.8 Å². The highest BCUT2D eigenvalue weighted by Gasteiger charge is 2.48. The molecule has 3 aromatic carbocycles. The zero-order chi connectivity index (χ0) is 24.7. The molecule has 176 valence electrons. The molecule has 2 heterocycles. The lowest BCUT2D eigenvalue weighted by atomic mass is 9.97. The number of imide groups is 1. The van der Waals surface area contributed by atoms with Crippen LogP contribution in [0.1, 0.15) is 21.5 Å². The summed E-state index contributed by atoms with van der Waals surface area (Å²) in [5.74, 6) is 6.12. The van der Waals surface area contributed by atoms with Gasteiger partial charge in [0.1, 0.15) is 11.5 Å². The summed E-state index contributed by atoms with van der Waals surface area (Å²) in [6.45, 7) is 0.140. The predicted octanol–water partition coefficient (Wildman–Crippen LogP) is 2.02. The maximum Gasteiger partial charge on any atom is 0.323 e. The van der Waals surface area contributed by atoms with Crippen molar-refractivity contribution in [3.05, 3.63) is 65.2 Å². The van der Waals surface area contributed by atoms with E-state index in [0.29, 0.717) is 28.3 Å². The first kappa shape index (κ1) is 22.1. The lowest BCUT2D eigenvalue weighted by Gasteiger charge is -2.26. The zero-order valence-corrected chi connectivity index (χ0v) is 19.1. The van der Waals surface area contributed by atoms with Gasteiger partial charge in [0.2, 0.25) is 5.54 Å². The Hall–Kier alpha value is -4.71. The van der Waals surface area contributed by atoms with Crippen LogP contribution in [0.3, 0.4) is 0 Å². The van der Waals surface area contributed by atoms with Crippen molar-refractivity contribution in [2.24, 2.45) is 0 Å². The highest BCUT2D eigenvalue weighted by molar-refractivity contribution is 6.10. The van der Waals surface area contributed by atoms with Gasteiger partial charge in [0.25, 0.3) is 11.8 Å². The van der Waals surface area contributed by atoms with E-state index in [2.05, 4.69) is 22.5 Å². The number of carbonyl (C=O) groups excluding carboxylic acids is 3. The fourth-order valence-electron chi connectivity index (χ4n) is 4.44. The van der Waals surface area contributed by atoms with Gasteiger partial charge in [-0.05, 0) is 35.9 Å². The third-order valence-corrected chi connectivity index (χ3v) is 6.24. The number of amides is 4. The van der Waals surface area contributed by atoms with E-state index in [9.17, 15) is 14.4 Å². The van der Waals surface area contributed by atoms with Crippen LogP contribution in [-0.2, 0) is 11.3 Å². The van der Waals surface area contributed by atoms with Crippen LogP contribution in [0.15, 0.2) is 48.5 Å². The minimum Gasteiger partial charge on any atom is -0.497 e. The number of nitrogens with one attached hydrogen (secondary N) is 2. The first-order valence-electron chi connectivity index (χ1n) is 10.8. The summed E-state index contributed by atoms with van der Waals surface area (Å²) in [6, 6.07) is 13.6. The summed E-state index contributed by atoms with van der Waals surface area (Å²) in [5, 5.41) is 6.40. The van der Waals surface area contributed by atoms with Crippen LogP contribution in [-0.4, -0.2) is 49.0 Å². The number of fused-ring (bicyclic) bond motifs is 2. The summed E-state index contributed by atoms with van der Waals surface area (Å²) in [5.41, 5.74) is 6.86. The van der Waals surface area contributed by atoms with Crippen LogP contribution in [0.4, 0.5) is 10.5 Å². The van der Waals surface area contributed by atoms with Crippen LogP contribution >= 0.6 is 0 Å². The summed E-state index contributed by atoms with van der Waals surface area (Å²) in [4.78, 5) is 39.7. The molecule has 0 bridgehead atoms. The Kier molecular flexibility index (Phi) is 5.21. The van der Waals surface area contributed by atoms with Crippen molar-refractivity contribution >= 4 is 34.3 Å². The molecule has 0 radical (unpaired) electrons. The minimum absolute atomic E-state index is 0.136. The second-order valence-electron chi connectivity index (χ2n) is 8.33. The lowest BCUT2D eigenvalue weighted by Crippen LogP contribution is -2.54. The van der Waals surface area contributed by atoms with Crippen molar-refractivity contribution in [1.82, 2.24) is 15.5 Å². The van der Waals surface area contributed by atoms with Crippen molar-refractivity contribution in [2.75, 3.05) is 26.5 Å². The van der Waals surface area contributed by atoms with Crippen LogP contribution in [0.25, 0.3) is 10.8 Å². The average molecular weight is 470 g/mol. The molecule has 5 rings (SSSR count). The van der Waals surface area contributed by atoms with Gasteiger partial charge in [-0.1, -0.05) is 30.0 Å². The molecule has 9 nitrogen and oxygen atoms in total. The molecule has 35 heavy (non-hydrogen) atoms. The number of hydrogen-bond acceptors (Lipinski definition) is 6. The van der Waals surface area contributed by atoms with E-state index in [1.54, 1.807) is 30.3 Å². The highest BCUT2D eigenvalue weighted by atomic mass is 16.5. The van der Waals surface area contributed by atoms with Gasteiger partial charge in [0.15, 0.2) is 0 Å². The standard InChI is InChI=1S/C26H22N4O5/c1-34-16-7-6-15-13-30(23(31)20(15)12-16)14-26(24(32)28-25(33)29-26)11-10-19-17-4-3-5-21(27)18(17)8-9-22(19)35-2/h3-9,12H,13-14,27H2,1-2H3,(H2,28,29,32,33)/t26-/m1/s1. The van der Waals surface area contributed by atoms with Gasteiger partial charge in [-0.25, -0.2) is 4.79 Å². The Morgan fingerprint density at radius 2 is 1.89 bits per heavy atom. The molecule has 0 saturated carbocycles. The van der Waals surface area contributed by atoms with Gasteiger partial charge < -0.3 is 25.4 Å². The highest BCUT2D eigenvalue weighted by Crippen LogP contribution is 2.31. The zero-order valence-electron chi connectivity index (χ0n) is 19.1. The second-order valence-corrected chi connectivity index (χ2v) is 8.33. The summed E-state index contributed by atoms with van der Waals surface area (Å²) in [6.07, 6.45) is 0. The first-order chi connectivity index (χ1) is 16.8. The summed E-state index contributed by atoms with van der Waals surface area (Å²) < 4.78 is 10.7. The molecule has 1 fully saturated rings. The van der Waals surface area contributed by atoms with E-state index in [4.69, 9.17) is 15.2 Å². The van der Waals surface area contributed by atoms with Crippen molar-refractivity contribution in [3.63, 3.8) is 0 Å². The largest absolute Gasteiger partial charge is 0.497 e. The lowest BCUT2D eigenvalue weighted by molar-refractivity contribution is -0.122. The Morgan fingerprint density at radius 1 is 1.06 bits per heavy atom. The van der Waals surface area contributed by atoms with Crippen molar-refractivity contribution in [3.8, 4) is 23.3 Å². The minimum atomic E-state index is -1.65. The Morgan fingerprint density at radius 3 is 2.60 bits per heavy atom. The molecule has 0 aromatic heterocycles. The molecule has 9 heteroatoms. The van der Waals surface area contributed by atoms with E-state index in [0.717, 1.165) is 16.3 Å². The van der Waals surface area contributed by atoms with Gasteiger partial charge >= 0.3 is 6.03 Å². The third-order valence-electron chi connectivity index (χ3n) is 6.24. The number of ether oxygens (including phenoxy) is 2. The van der Waals surface area contributed by atoms with Crippen molar-refractivity contribution in [1.29, 1.82) is 0 Å². The molecule has 3 aromatic rings. The SMILES string of the molecule is COc1ccc2c(c1)C(=O)N(C[C@@]1(C#Cc3c(OC)ccc4c(N)cccc34)NC(=O)NC1=O)C2. The van der Waals surface area contributed by atoms with Crippen molar-refractivity contribution in [2.45, 2.75) is 12.1 Å². The van der Waals surface area contributed by atoms with Gasteiger partial charge in [0.05, 0.1) is 26.3 Å². The van der Waals surface area contributed by atoms with Crippen molar-refractivity contribution < 1.29 is 23.9 Å². The Bertz CT molecular complexity index is 1470. The molecule has 4 N–H and O–H groups in total. The van der Waals surface area contributed by atoms with E-state index < -0.39 is 17.5 Å². The number of nitrogen functional groups attached to an aromatic ring is 1. The number of nitrogens with two attached hydrogens (primary N) is 1.